The van der Waals surface area contributed by atoms with Gasteiger partial charge >= 0.3 is 0 Å². The van der Waals surface area contributed by atoms with Gasteiger partial charge in [-0.05, 0) is 24.8 Å². The molecule has 0 aromatic heterocycles. The Morgan fingerprint density at radius 1 is 1.42 bits per heavy atom. The number of nitrogens with two attached hydrogens (primary N) is 1. The van der Waals surface area contributed by atoms with Crippen LogP contribution in [-0.2, 0) is 9.59 Å². The average Bonchev–Trinajstić information content (AvgIpc) is 2.71. The van der Waals surface area contributed by atoms with Crippen molar-refractivity contribution in [2.75, 3.05) is 13.6 Å². The van der Waals surface area contributed by atoms with Gasteiger partial charge in [0.1, 0.15) is 6.04 Å². The minimum Gasteiger partial charge on any atom is -0.368 e. The summed E-state index contributed by atoms with van der Waals surface area (Å²) in [5, 5.41) is 3.07. The summed E-state index contributed by atoms with van der Waals surface area (Å²) in [7, 11) is 1.78. The second-order valence-corrected chi connectivity index (χ2v) is 6.42. The van der Waals surface area contributed by atoms with Crippen LogP contribution in [0.15, 0.2) is 0 Å². The molecule has 1 fully saturated rings. The van der Waals surface area contributed by atoms with Gasteiger partial charge in [0.15, 0.2) is 0 Å². The van der Waals surface area contributed by atoms with Crippen LogP contribution in [0.3, 0.4) is 0 Å². The fourth-order valence-electron chi connectivity index (χ4n) is 3.01. The molecule has 0 saturated carbocycles. The summed E-state index contributed by atoms with van der Waals surface area (Å²) in [4.78, 5) is 26.0. The van der Waals surface area contributed by atoms with Crippen molar-refractivity contribution in [2.45, 2.75) is 52.6 Å². The average molecular weight is 269 g/mol. The molecule has 3 atom stereocenters. The predicted octanol–water partition coefficient (Wildman–Crippen LogP) is 0.733. The van der Waals surface area contributed by atoms with E-state index in [0.717, 1.165) is 12.8 Å². The maximum atomic E-state index is 12.7. The van der Waals surface area contributed by atoms with Gasteiger partial charge in [0, 0.05) is 6.54 Å². The molecule has 1 rings (SSSR count). The molecule has 5 nitrogen and oxygen atoms in total. The number of likely N-dealkylation sites (N-methyl/N-ethyl adjacent to an activating group) is 1. The highest BCUT2D eigenvalue weighted by Gasteiger charge is 2.43. The van der Waals surface area contributed by atoms with Crippen molar-refractivity contribution in [1.82, 2.24) is 10.2 Å². The van der Waals surface area contributed by atoms with Crippen molar-refractivity contribution in [3.05, 3.63) is 0 Å². The van der Waals surface area contributed by atoms with E-state index in [0.29, 0.717) is 6.54 Å². The molecule has 2 amide bonds. The summed E-state index contributed by atoms with van der Waals surface area (Å²) in [5.41, 5.74) is 5.29. The van der Waals surface area contributed by atoms with Crippen LogP contribution in [0.25, 0.3) is 0 Å². The topological polar surface area (TPSA) is 75.4 Å². The maximum Gasteiger partial charge on any atom is 0.240 e. The molecule has 2 unspecified atom stereocenters. The number of carbonyl (C=O) groups excluding carboxylic acids is 2. The van der Waals surface area contributed by atoms with E-state index < -0.39 is 6.04 Å². The molecule has 19 heavy (non-hydrogen) atoms. The van der Waals surface area contributed by atoms with Crippen molar-refractivity contribution in [2.24, 2.45) is 17.1 Å². The fourth-order valence-corrected chi connectivity index (χ4v) is 3.01. The summed E-state index contributed by atoms with van der Waals surface area (Å²) >= 11 is 0. The summed E-state index contributed by atoms with van der Waals surface area (Å²) in [5.74, 6) is -0.213. The van der Waals surface area contributed by atoms with Crippen LogP contribution in [0.5, 0.6) is 0 Å². The lowest BCUT2D eigenvalue weighted by molar-refractivity contribution is -0.141. The SMILES string of the molecule is CCC1CCN(C(=O)[C@@H](NC)C(C)(C)C)C1C(N)=O. The first kappa shape index (κ1) is 16.0. The van der Waals surface area contributed by atoms with E-state index in [4.69, 9.17) is 5.73 Å². The number of amides is 2. The van der Waals surface area contributed by atoms with Crippen molar-refractivity contribution < 1.29 is 9.59 Å². The Morgan fingerprint density at radius 3 is 2.37 bits per heavy atom. The van der Waals surface area contributed by atoms with E-state index in [1.807, 2.05) is 27.7 Å². The monoisotopic (exact) mass is 269 g/mol. The number of carbonyl (C=O) groups is 2. The van der Waals surface area contributed by atoms with Gasteiger partial charge in [-0.25, -0.2) is 0 Å². The van der Waals surface area contributed by atoms with E-state index in [9.17, 15) is 9.59 Å². The Labute approximate surface area is 115 Å². The maximum absolute atomic E-state index is 12.7. The van der Waals surface area contributed by atoms with E-state index in [1.165, 1.54) is 0 Å². The molecule has 0 radical (unpaired) electrons. The predicted molar refractivity (Wildman–Crippen MR) is 75.4 cm³/mol. The van der Waals surface area contributed by atoms with Crippen molar-refractivity contribution in [3.8, 4) is 0 Å². The largest absolute Gasteiger partial charge is 0.368 e. The number of nitrogens with zero attached hydrogens (tertiary/aromatic N) is 1. The van der Waals surface area contributed by atoms with Crippen LogP contribution >= 0.6 is 0 Å². The first-order valence-electron chi connectivity index (χ1n) is 7.01. The normalized spacial score (nSPS) is 25.4. The van der Waals surface area contributed by atoms with E-state index in [-0.39, 0.29) is 29.2 Å². The zero-order chi connectivity index (χ0) is 14.8. The van der Waals surface area contributed by atoms with Gasteiger partial charge in [0.25, 0.3) is 0 Å². The van der Waals surface area contributed by atoms with Gasteiger partial charge in [0.2, 0.25) is 11.8 Å². The Hall–Kier alpha value is -1.10. The molecule has 1 heterocycles. The molecule has 0 spiro atoms. The Bertz CT molecular complexity index is 349. The van der Waals surface area contributed by atoms with Gasteiger partial charge in [-0.1, -0.05) is 34.1 Å². The summed E-state index contributed by atoms with van der Waals surface area (Å²) in [6.07, 6.45) is 1.73. The third-order valence-electron chi connectivity index (χ3n) is 4.02. The molecule has 0 bridgehead atoms. The molecule has 0 aliphatic carbocycles. The minimum atomic E-state index is -0.448. The van der Waals surface area contributed by atoms with Crippen LogP contribution in [0.1, 0.15) is 40.5 Å². The van der Waals surface area contributed by atoms with Crippen LogP contribution in [0.4, 0.5) is 0 Å². The second-order valence-electron chi connectivity index (χ2n) is 6.42. The Balaban J connectivity index is 2.95. The molecular formula is C14H27N3O2. The Morgan fingerprint density at radius 2 is 2.00 bits per heavy atom. The van der Waals surface area contributed by atoms with Crippen LogP contribution in [0, 0.1) is 11.3 Å². The molecule has 1 aliphatic rings. The molecule has 0 aromatic carbocycles. The highest BCUT2D eigenvalue weighted by atomic mass is 16.2. The molecular weight excluding hydrogens is 242 g/mol. The van der Waals surface area contributed by atoms with Gasteiger partial charge in [-0.2, -0.15) is 0 Å². The van der Waals surface area contributed by atoms with Crippen molar-refractivity contribution >= 4 is 11.8 Å². The molecule has 3 N–H and O–H groups in total. The molecule has 5 heteroatoms. The smallest absolute Gasteiger partial charge is 0.240 e. The number of nitrogens with one attached hydrogen (secondary N) is 1. The highest BCUT2D eigenvalue weighted by molar-refractivity contribution is 5.90. The lowest BCUT2D eigenvalue weighted by Gasteiger charge is -2.35. The summed E-state index contributed by atoms with van der Waals surface area (Å²) in [6, 6.07) is -0.749. The zero-order valence-electron chi connectivity index (χ0n) is 12.7. The van der Waals surface area contributed by atoms with Crippen molar-refractivity contribution in [3.63, 3.8) is 0 Å². The summed E-state index contributed by atoms with van der Waals surface area (Å²) < 4.78 is 0. The highest BCUT2D eigenvalue weighted by Crippen LogP contribution is 2.30. The van der Waals surface area contributed by atoms with E-state index in [1.54, 1.807) is 11.9 Å². The van der Waals surface area contributed by atoms with E-state index >= 15 is 0 Å². The number of likely N-dealkylation sites (tertiary alicyclic amines) is 1. The van der Waals surface area contributed by atoms with Gasteiger partial charge < -0.3 is 16.0 Å². The number of hydrogen-bond donors (Lipinski definition) is 2. The molecule has 110 valence electrons. The van der Waals surface area contributed by atoms with Gasteiger partial charge in [0.05, 0.1) is 6.04 Å². The Kier molecular flexibility index (Phi) is 4.96. The van der Waals surface area contributed by atoms with Gasteiger partial charge in [-0.3, -0.25) is 9.59 Å². The number of hydrogen-bond acceptors (Lipinski definition) is 3. The van der Waals surface area contributed by atoms with Crippen molar-refractivity contribution in [1.29, 1.82) is 0 Å². The standard InChI is InChI=1S/C14H27N3O2/c1-6-9-7-8-17(10(9)12(15)18)13(19)11(16-5)14(2,3)4/h9-11,16H,6-8H2,1-5H3,(H2,15,18)/t9?,10?,11-/m1/s1. The van der Waals surface area contributed by atoms with E-state index in [2.05, 4.69) is 5.32 Å². The lowest BCUT2D eigenvalue weighted by atomic mass is 9.85. The number of rotatable bonds is 4. The summed E-state index contributed by atoms with van der Waals surface area (Å²) in [6.45, 7) is 8.70. The fraction of sp³-hybridized carbons (Fsp3) is 0.857. The van der Waals surface area contributed by atoms with Crippen LogP contribution in [0.2, 0.25) is 0 Å². The zero-order valence-corrected chi connectivity index (χ0v) is 12.7. The molecule has 0 aromatic rings. The second kappa shape index (κ2) is 5.90. The molecule has 1 aliphatic heterocycles. The van der Waals surface area contributed by atoms with Gasteiger partial charge in [-0.15, -0.1) is 0 Å². The number of primary amides is 1. The first-order valence-corrected chi connectivity index (χ1v) is 7.01. The minimum absolute atomic E-state index is 0.0187. The quantitative estimate of drug-likeness (QED) is 0.790. The lowest BCUT2D eigenvalue weighted by Crippen LogP contribution is -2.56. The molecule has 1 saturated heterocycles. The van der Waals surface area contributed by atoms with Crippen LogP contribution < -0.4 is 11.1 Å². The van der Waals surface area contributed by atoms with Crippen LogP contribution in [-0.4, -0.2) is 42.4 Å². The third-order valence-corrected chi connectivity index (χ3v) is 4.02. The third kappa shape index (κ3) is 3.26. The first-order chi connectivity index (χ1) is 8.73.